The van der Waals surface area contributed by atoms with Crippen molar-refractivity contribution in [1.29, 1.82) is 0 Å². The summed E-state index contributed by atoms with van der Waals surface area (Å²) in [5, 5.41) is 10.8. The molecule has 1 aliphatic heterocycles. The van der Waals surface area contributed by atoms with Crippen LogP contribution >= 0.6 is 0 Å². The molecule has 1 saturated heterocycles. The maximum atomic E-state index is 9.00. The predicted molar refractivity (Wildman–Crippen MR) is 92.4 cm³/mol. The van der Waals surface area contributed by atoms with Crippen LogP contribution in [0, 0.1) is 0 Å². The van der Waals surface area contributed by atoms with E-state index < -0.39 is 5.97 Å². The molecule has 0 aliphatic carbocycles. The number of carboxylic acid groups (broad SMARTS) is 1. The first-order valence-electron chi connectivity index (χ1n) is 9.18. The first-order chi connectivity index (χ1) is 10.7. The fourth-order valence-corrected chi connectivity index (χ4v) is 2.66. The lowest BCUT2D eigenvalue weighted by Gasteiger charge is -2.23. The SMILES string of the molecule is CC(=O)O.CCCCCCCCCCCCC1CNCCO1. The van der Waals surface area contributed by atoms with Gasteiger partial charge in [-0.2, -0.15) is 0 Å². The van der Waals surface area contributed by atoms with Crippen molar-refractivity contribution in [2.75, 3.05) is 19.7 Å². The number of morpholine rings is 1. The molecule has 0 amide bonds. The van der Waals surface area contributed by atoms with E-state index in [-0.39, 0.29) is 0 Å². The van der Waals surface area contributed by atoms with Crippen molar-refractivity contribution < 1.29 is 14.6 Å². The number of unbranched alkanes of at least 4 members (excludes halogenated alkanes) is 9. The van der Waals surface area contributed by atoms with Crippen molar-refractivity contribution in [2.45, 2.75) is 90.6 Å². The minimum Gasteiger partial charge on any atom is -0.481 e. The lowest BCUT2D eigenvalue weighted by molar-refractivity contribution is -0.134. The maximum Gasteiger partial charge on any atom is 0.300 e. The van der Waals surface area contributed by atoms with Crippen molar-refractivity contribution in [3.8, 4) is 0 Å². The zero-order valence-corrected chi connectivity index (χ0v) is 14.7. The van der Waals surface area contributed by atoms with Gasteiger partial charge in [0.1, 0.15) is 0 Å². The van der Waals surface area contributed by atoms with Crippen LogP contribution in [0.25, 0.3) is 0 Å². The monoisotopic (exact) mass is 315 g/mol. The van der Waals surface area contributed by atoms with Gasteiger partial charge in [0.25, 0.3) is 5.97 Å². The molecule has 132 valence electrons. The molecular formula is C18H37NO3. The molecule has 0 aromatic rings. The number of carboxylic acids is 1. The molecule has 0 bridgehead atoms. The van der Waals surface area contributed by atoms with Gasteiger partial charge in [0.05, 0.1) is 12.7 Å². The van der Waals surface area contributed by atoms with E-state index >= 15 is 0 Å². The van der Waals surface area contributed by atoms with Crippen LogP contribution in [-0.2, 0) is 9.53 Å². The highest BCUT2D eigenvalue weighted by Crippen LogP contribution is 2.13. The van der Waals surface area contributed by atoms with E-state index in [1.54, 1.807) is 0 Å². The summed E-state index contributed by atoms with van der Waals surface area (Å²) in [5.74, 6) is -0.833. The lowest BCUT2D eigenvalue weighted by atomic mass is 10.0. The fraction of sp³-hybridized carbons (Fsp3) is 0.944. The highest BCUT2D eigenvalue weighted by Gasteiger charge is 2.11. The Morgan fingerprint density at radius 1 is 1.05 bits per heavy atom. The first-order valence-corrected chi connectivity index (χ1v) is 9.18. The highest BCUT2D eigenvalue weighted by atomic mass is 16.5. The number of ether oxygens (including phenoxy) is 1. The number of nitrogens with one attached hydrogen (secondary N) is 1. The van der Waals surface area contributed by atoms with Gasteiger partial charge in [-0.1, -0.05) is 71.1 Å². The van der Waals surface area contributed by atoms with Crippen molar-refractivity contribution in [1.82, 2.24) is 5.32 Å². The second kappa shape index (κ2) is 16.8. The number of hydrogen-bond acceptors (Lipinski definition) is 3. The van der Waals surface area contributed by atoms with Gasteiger partial charge in [-0.3, -0.25) is 4.79 Å². The van der Waals surface area contributed by atoms with Gasteiger partial charge >= 0.3 is 0 Å². The molecule has 4 nitrogen and oxygen atoms in total. The van der Waals surface area contributed by atoms with E-state index in [4.69, 9.17) is 14.6 Å². The van der Waals surface area contributed by atoms with Crippen LogP contribution in [0.5, 0.6) is 0 Å². The van der Waals surface area contributed by atoms with Gasteiger partial charge in [-0.15, -0.1) is 0 Å². The topological polar surface area (TPSA) is 58.6 Å². The molecule has 0 saturated carbocycles. The molecule has 1 aliphatic rings. The van der Waals surface area contributed by atoms with Gasteiger partial charge in [-0.05, 0) is 6.42 Å². The molecule has 4 heteroatoms. The Hall–Kier alpha value is -0.610. The van der Waals surface area contributed by atoms with E-state index in [0.717, 1.165) is 26.6 Å². The summed E-state index contributed by atoms with van der Waals surface area (Å²) in [4.78, 5) is 9.00. The third kappa shape index (κ3) is 17.4. The van der Waals surface area contributed by atoms with Crippen molar-refractivity contribution in [3.05, 3.63) is 0 Å². The Balaban J connectivity index is 0.000000980. The van der Waals surface area contributed by atoms with Gasteiger partial charge in [-0.25, -0.2) is 0 Å². The normalized spacial score (nSPS) is 17.6. The van der Waals surface area contributed by atoms with E-state index in [1.165, 1.54) is 70.6 Å². The molecule has 0 aromatic carbocycles. The van der Waals surface area contributed by atoms with E-state index in [2.05, 4.69) is 12.2 Å². The zero-order valence-electron chi connectivity index (χ0n) is 14.7. The second-order valence-electron chi connectivity index (χ2n) is 6.19. The Labute approximate surface area is 137 Å². The average molecular weight is 315 g/mol. The Morgan fingerprint density at radius 3 is 2.00 bits per heavy atom. The molecule has 2 N–H and O–H groups in total. The third-order valence-corrected chi connectivity index (χ3v) is 3.88. The Kier molecular flexibility index (Phi) is 16.3. The van der Waals surface area contributed by atoms with Gasteiger partial charge in [0.2, 0.25) is 0 Å². The van der Waals surface area contributed by atoms with Crippen LogP contribution in [0.4, 0.5) is 0 Å². The summed E-state index contributed by atoms with van der Waals surface area (Å²) in [5.41, 5.74) is 0. The summed E-state index contributed by atoms with van der Waals surface area (Å²) in [6.07, 6.45) is 15.9. The molecule has 0 aromatic heterocycles. The van der Waals surface area contributed by atoms with Crippen molar-refractivity contribution in [3.63, 3.8) is 0 Å². The third-order valence-electron chi connectivity index (χ3n) is 3.88. The lowest BCUT2D eigenvalue weighted by Crippen LogP contribution is -2.38. The van der Waals surface area contributed by atoms with Gasteiger partial charge in [0.15, 0.2) is 0 Å². The van der Waals surface area contributed by atoms with E-state index in [0.29, 0.717) is 6.10 Å². The molecule has 22 heavy (non-hydrogen) atoms. The Morgan fingerprint density at radius 2 is 1.55 bits per heavy atom. The molecular weight excluding hydrogens is 278 g/mol. The molecule has 1 fully saturated rings. The van der Waals surface area contributed by atoms with Crippen LogP contribution in [0.1, 0.15) is 84.5 Å². The largest absolute Gasteiger partial charge is 0.481 e. The summed E-state index contributed by atoms with van der Waals surface area (Å²) in [6, 6.07) is 0. The van der Waals surface area contributed by atoms with E-state index in [9.17, 15) is 0 Å². The predicted octanol–water partition coefficient (Wildman–Crippen LogP) is 4.38. The van der Waals surface area contributed by atoms with Crippen LogP contribution in [0.15, 0.2) is 0 Å². The molecule has 0 radical (unpaired) electrons. The quantitative estimate of drug-likeness (QED) is 0.556. The number of aliphatic carboxylic acids is 1. The fourth-order valence-electron chi connectivity index (χ4n) is 2.66. The number of carbonyl (C=O) groups is 1. The van der Waals surface area contributed by atoms with Crippen molar-refractivity contribution >= 4 is 5.97 Å². The van der Waals surface area contributed by atoms with Crippen LogP contribution in [0.3, 0.4) is 0 Å². The Bertz CT molecular complexity index is 236. The summed E-state index contributed by atoms with van der Waals surface area (Å²) >= 11 is 0. The minimum absolute atomic E-state index is 0.493. The summed E-state index contributed by atoms with van der Waals surface area (Å²) < 4.78 is 5.70. The van der Waals surface area contributed by atoms with Crippen LogP contribution in [0.2, 0.25) is 0 Å². The maximum absolute atomic E-state index is 9.00. The zero-order chi connectivity index (χ0) is 16.5. The number of hydrogen-bond donors (Lipinski definition) is 2. The standard InChI is InChI=1S/C16H33NO.C2H4O2/c1-2-3-4-5-6-7-8-9-10-11-12-16-15-17-13-14-18-16;1-2(3)4/h16-17H,2-15H2,1H3;1H3,(H,3,4). The molecule has 1 atom stereocenters. The highest BCUT2D eigenvalue weighted by molar-refractivity contribution is 5.62. The van der Waals surface area contributed by atoms with Gasteiger partial charge in [0, 0.05) is 20.0 Å². The van der Waals surface area contributed by atoms with E-state index in [1.807, 2.05) is 0 Å². The summed E-state index contributed by atoms with van der Waals surface area (Å²) in [7, 11) is 0. The molecule has 1 unspecified atom stereocenters. The minimum atomic E-state index is -0.833. The number of rotatable bonds is 11. The summed E-state index contributed by atoms with van der Waals surface area (Å²) in [6.45, 7) is 6.37. The molecule has 1 rings (SSSR count). The van der Waals surface area contributed by atoms with Crippen LogP contribution < -0.4 is 5.32 Å². The van der Waals surface area contributed by atoms with Crippen molar-refractivity contribution in [2.24, 2.45) is 0 Å². The molecule has 1 heterocycles. The smallest absolute Gasteiger partial charge is 0.300 e. The first kappa shape index (κ1) is 21.4. The van der Waals surface area contributed by atoms with Crippen LogP contribution in [-0.4, -0.2) is 36.9 Å². The van der Waals surface area contributed by atoms with Gasteiger partial charge < -0.3 is 15.2 Å². The second-order valence-corrected chi connectivity index (χ2v) is 6.19. The molecule has 0 spiro atoms. The average Bonchev–Trinajstić information content (AvgIpc) is 2.50.